The minimum atomic E-state index is -1.06. The number of Topliss-reactive ketones (excluding diaryl/α,β-unsaturated/α-hetero) is 1. The van der Waals surface area contributed by atoms with E-state index in [1.807, 2.05) is 0 Å². The van der Waals surface area contributed by atoms with Crippen LogP contribution < -0.4 is 10.6 Å². The summed E-state index contributed by atoms with van der Waals surface area (Å²) >= 11 is 0. The first-order valence-electron chi connectivity index (χ1n) is 9.43. The minimum Gasteiger partial charge on any atom is -0.348 e. The maximum absolute atomic E-state index is 13.1. The Bertz CT molecular complexity index is 805. The summed E-state index contributed by atoms with van der Waals surface area (Å²) in [6, 6.07) is -3.21. The van der Waals surface area contributed by atoms with Gasteiger partial charge in [0.2, 0.25) is 17.7 Å². The standard InChI is InChI=1S/C18H24N6O5/c1-10(25)14-4-3-5-24(14)17(28)13(6-11-8-19-9-20-11)21-16(27)12-7-15(26)23(2)18(29)22-12/h8-9,12-14H,3-7H2,1-2H3,(H,19,20)(H,21,27)(H,22,29)/t12-,13-,14-/m0/s1. The van der Waals surface area contributed by atoms with Gasteiger partial charge in [-0.25, -0.2) is 9.78 Å². The smallest absolute Gasteiger partial charge is 0.324 e. The molecule has 5 amide bonds. The third-order valence-corrected chi connectivity index (χ3v) is 5.27. The average molecular weight is 404 g/mol. The van der Waals surface area contributed by atoms with Crippen LogP contribution in [0.25, 0.3) is 0 Å². The van der Waals surface area contributed by atoms with E-state index >= 15 is 0 Å². The molecule has 0 bridgehead atoms. The van der Waals surface area contributed by atoms with Gasteiger partial charge < -0.3 is 20.5 Å². The second kappa shape index (κ2) is 8.41. The molecule has 11 nitrogen and oxygen atoms in total. The molecule has 2 fully saturated rings. The summed E-state index contributed by atoms with van der Waals surface area (Å²) < 4.78 is 0. The number of carbonyl (C=O) groups is 5. The van der Waals surface area contributed by atoms with Crippen molar-refractivity contribution in [2.75, 3.05) is 13.6 Å². The second-order valence-corrected chi connectivity index (χ2v) is 7.30. The van der Waals surface area contributed by atoms with Crippen molar-refractivity contribution in [1.82, 2.24) is 30.4 Å². The Hall–Kier alpha value is -3.24. The molecule has 0 aromatic carbocycles. The number of H-pyrrole nitrogens is 1. The monoisotopic (exact) mass is 404 g/mol. The van der Waals surface area contributed by atoms with Gasteiger partial charge >= 0.3 is 6.03 Å². The molecule has 2 aliphatic rings. The van der Waals surface area contributed by atoms with E-state index in [9.17, 15) is 24.0 Å². The maximum Gasteiger partial charge on any atom is 0.324 e. The Morgan fingerprint density at radius 3 is 2.72 bits per heavy atom. The van der Waals surface area contributed by atoms with Gasteiger partial charge in [-0.05, 0) is 19.8 Å². The Balaban J connectivity index is 1.76. The Morgan fingerprint density at radius 1 is 1.34 bits per heavy atom. The van der Waals surface area contributed by atoms with Crippen molar-refractivity contribution in [3.05, 3.63) is 18.2 Å². The number of rotatable bonds is 6. The number of imidazole rings is 1. The average Bonchev–Trinajstić information content (AvgIpc) is 3.36. The molecule has 1 aromatic heterocycles. The van der Waals surface area contributed by atoms with Crippen LogP contribution in [-0.4, -0.2) is 81.0 Å². The lowest BCUT2D eigenvalue weighted by Crippen LogP contribution is -2.61. The summed E-state index contributed by atoms with van der Waals surface area (Å²) in [4.78, 5) is 70.6. The largest absolute Gasteiger partial charge is 0.348 e. The molecule has 3 N–H and O–H groups in total. The number of carbonyl (C=O) groups excluding carboxylic acids is 5. The van der Waals surface area contributed by atoms with Crippen LogP contribution in [0.15, 0.2) is 12.5 Å². The first-order valence-corrected chi connectivity index (χ1v) is 9.43. The van der Waals surface area contributed by atoms with Crippen molar-refractivity contribution in [1.29, 1.82) is 0 Å². The maximum atomic E-state index is 13.1. The van der Waals surface area contributed by atoms with Gasteiger partial charge in [-0.3, -0.25) is 24.1 Å². The van der Waals surface area contributed by atoms with E-state index in [1.54, 1.807) is 6.20 Å². The second-order valence-electron chi connectivity index (χ2n) is 7.30. The molecule has 0 radical (unpaired) electrons. The normalized spacial score (nSPS) is 23.0. The van der Waals surface area contributed by atoms with Gasteiger partial charge in [0, 0.05) is 31.9 Å². The SMILES string of the molecule is CC(=O)[C@@H]1CCCN1C(=O)[C@H](Cc1cnc[nH]1)NC(=O)[C@@H]1CC(=O)N(C)C(=O)N1. The minimum absolute atomic E-state index is 0.101. The molecule has 3 atom stereocenters. The van der Waals surface area contributed by atoms with E-state index in [0.717, 1.165) is 4.90 Å². The van der Waals surface area contributed by atoms with Crippen molar-refractivity contribution in [3.63, 3.8) is 0 Å². The topological polar surface area (TPSA) is 145 Å². The number of aromatic nitrogens is 2. The van der Waals surface area contributed by atoms with E-state index in [2.05, 4.69) is 20.6 Å². The van der Waals surface area contributed by atoms with Gasteiger partial charge in [-0.2, -0.15) is 0 Å². The molecule has 0 unspecified atom stereocenters. The van der Waals surface area contributed by atoms with Crippen molar-refractivity contribution in [2.24, 2.45) is 0 Å². The summed E-state index contributed by atoms with van der Waals surface area (Å²) in [5.74, 6) is -1.59. The highest BCUT2D eigenvalue weighted by Gasteiger charge is 2.39. The Labute approximate surface area is 167 Å². The molecule has 0 aliphatic carbocycles. The zero-order valence-electron chi connectivity index (χ0n) is 16.3. The Morgan fingerprint density at radius 2 is 2.10 bits per heavy atom. The van der Waals surface area contributed by atoms with Gasteiger partial charge in [0.15, 0.2) is 5.78 Å². The number of amides is 5. The lowest BCUT2D eigenvalue weighted by molar-refractivity contribution is -0.141. The van der Waals surface area contributed by atoms with Crippen LogP contribution in [0.5, 0.6) is 0 Å². The van der Waals surface area contributed by atoms with Gasteiger partial charge in [-0.1, -0.05) is 0 Å². The predicted molar refractivity (Wildman–Crippen MR) is 99.3 cm³/mol. The number of nitrogens with one attached hydrogen (secondary N) is 3. The van der Waals surface area contributed by atoms with Gasteiger partial charge in [0.1, 0.15) is 12.1 Å². The molecule has 2 saturated heterocycles. The highest BCUT2D eigenvalue weighted by Crippen LogP contribution is 2.20. The Kier molecular flexibility index (Phi) is 5.95. The van der Waals surface area contributed by atoms with E-state index in [4.69, 9.17) is 0 Å². The molecule has 11 heteroatoms. The number of urea groups is 1. The summed E-state index contributed by atoms with van der Waals surface area (Å²) in [6.07, 6.45) is 4.24. The van der Waals surface area contributed by atoms with E-state index in [1.165, 1.54) is 25.2 Å². The zero-order valence-corrected chi connectivity index (χ0v) is 16.3. The molecule has 0 spiro atoms. The van der Waals surface area contributed by atoms with E-state index in [0.29, 0.717) is 25.1 Å². The first-order chi connectivity index (χ1) is 13.8. The third kappa shape index (κ3) is 4.44. The van der Waals surface area contributed by atoms with Crippen LogP contribution >= 0.6 is 0 Å². The molecule has 2 aliphatic heterocycles. The molecule has 3 rings (SSSR count). The summed E-state index contributed by atoms with van der Waals surface area (Å²) in [7, 11) is 1.33. The van der Waals surface area contributed by atoms with Crippen LogP contribution in [0.2, 0.25) is 0 Å². The summed E-state index contributed by atoms with van der Waals surface area (Å²) in [5, 5.41) is 5.09. The molecular weight excluding hydrogens is 380 g/mol. The van der Waals surface area contributed by atoms with Crippen LogP contribution in [0.3, 0.4) is 0 Å². The highest BCUT2D eigenvalue weighted by molar-refractivity contribution is 6.03. The number of hydrogen-bond acceptors (Lipinski definition) is 6. The summed E-state index contributed by atoms with van der Waals surface area (Å²) in [6.45, 7) is 1.88. The summed E-state index contributed by atoms with van der Waals surface area (Å²) in [5.41, 5.74) is 0.630. The first kappa shape index (κ1) is 20.5. The third-order valence-electron chi connectivity index (χ3n) is 5.27. The number of ketones is 1. The van der Waals surface area contributed by atoms with Crippen LogP contribution in [0, 0.1) is 0 Å². The fourth-order valence-electron chi connectivity index (χ4n) is 3.62. The van der Waals surface area contributed by atoms with E-state index in [-0.39, 0.29) is 24.5 Å². The van der Waals surface area contributed by atoms with Crippen molar-refractivity contribution in [2.45, 2.75) is 50.7 Å². The molecule has 0 saturated carbocycles. The predicted octanol–water partition coefficient (Wildman–Crippen LogP) is -1.04. The van der Waals surface area contributed by atoms with Crippen molar-refractivity contribution < 1.29 is 24.0 Å². The number of nitrogens with zero attached hydrogens (tertiary/aromatic N) is 3. The molecule has 156 valence electrons. The fraction of sp³-hybridized carbons (Fsp3) is 0.556. The number of likely N-dealkylation sites (tertiary alicyclic amines) is 1. The van der Waals surface area contributed by atoms with Crippen molar-refractivity contribution >= 4 is 29.5 Å². The van der Waals surface area contributed by atoms with Crippen LogP contribution in [-0.2, 0) is 25.6 Å². The number of imide groups is 1. The molecule has 1 aromatic rings. The lowest BCUT2D eigenvalue weighted by Gasteiger charge is -2.31. The molecular formula is C18H24N6O5. The van der Waals surface area contributed by atoms with Crippen LogP contribution in [0.1, 0.15) is 31.9 Å². The quantitative estimate of drug-likeness (QED) is 0.552. The highest BCUT2D eigenvalue weighted by atomic mass is 16.2. The zero-order chi connectivity index (χ0) is 21.1. The van der Waals surface area contributed by atoms with Gasteiger partial charge in [0.25, 0.3) is 0 Å². The molecule has 3 heterocycles. The number of hydrogen-bond donors (Lipinski definition) is 3. The van der Waals surface area contributed by atoms with Gasteiger partial charge in [-0.15, -0.1) is 0 Å². The lowest BCUT2D eigenvalue weighted by atomic mass is 10.1. The van der Waals surface area contributed by atoms with Gasteiger partial charge in [0.05, 0.1) is 18.8 Å². The van der Waals surface area contributed by atoms with Crippen molar-refractivity contribution in [3.8, 4) is 0 Å². The molecule has 29 heavy (non-hydrogen) atoms. The van der Waals surface area contributed by atoms with Crippen LogP contribution in [0.4, 0.5) is 4.79 Å². The fourth-order valence-corrected chi connectivity index (χ4v) is 3.62. The van der Waals surface area contributed by atoms with E-state index < -0.39 is 36.0 Å². The number of aromatic amines is 1.